The van der Waals surface area contributed by atoms with Crippen molar-refractivity contribution in [1.82, 2.24) is 9.88 Å². The third-order valence-electron chi connectivity index (χ3n) is 4.24. The number of H-pyrrole nitrogens is 1. The molecule has 1 aromatic carbocycles. The molecule has 0 saturated carbocycles. The van der Waals surface area contributed by atoms with E-state index in [0.717, 1.165) is 24.2 Å². The van der Waals surface area contributed by atoms with Crippen molar-refractivity contribution in [1.29, 1.82) is 0 Å². The highest BCUT2D eigenvalue weighted by molar-refractivity contribution is 6.30. The number of likely N-dealkylation sites (tertiary alicyclic amines) is 1. The first-order valence-electron chi connectivity index (χ1n) is 7.90. The van der Waals surface area contributed by atoms with Gasteiger partial charge in [-0.05, 0) is 37.1 Å². The number of aromatic nitrogens is 1. The van der Waals surface area contributed by atoms with E-state index in [9.17, 15) is 4.79 Å². The van der Waals surface area contributed by atoms with Crippen molar-refractivity contribution in [3.05, 3.63) is 52.3 Å². The maximum absolute atomic E-state index is 12.4. The molecule has 0 radical (unpaired) electrons. The van der Waals surface area contributed by atoms with E-state index >= 15 is 0 Å². The maximum Gasteiger partial charge on any atom is 0.270 e. The van der Waals surface area contributed by atoms with E-state index in [-0.39, 0.29) is 12.0 Å². The third kappa shape index (κ3) is 3.70. The molecule has 2 aromatic rings. The second-order valence-electron chi connectivity index (χ2n) is 6.11. The van der Waals surface area contributed by atoms with Gasteiger partial charge in [0, 0.05) is 32.1 Å². The second kappa shape index (κ2) is 6.67. The summed E-state index contributed by atoms with van der Waals surface area (Å²) in [4.78, 5) is 17.1. The first kappa shape index (κ1) is 15.9. The standard InChI is InChI=1S/C18H21ClN2O2/c1-12-3-4-13(2)17(9-12)23-15-5-7-21(8-6-15)18(22)16-10-14(19)11-20-16/h3-4,9-11,15,20H,5-8H2,1-2H3. The summed E-state index contributed by atoms with van der Waals surface area (Å²) < 4.78 is 6.14. The van der Waals surface area contributed by atoms with Crippen molar-refractivity contribution in [2.75, 3.05) is 13.1 Å². The molecule has 2 heterocycles. The highest BCUT2D eigenvalue weighted by Gasteiger charge is 2.25. The summed E-state index contributed by atoms with van der Waals surface area (Å²) in [6.07, 6.45) is 3.47. The van der Waals surface area contributed by atoms with Crippen LogP contribution in [-0.4, -0.2) is 35.0 Å². The molecule has 1 aromatic heterocycles. The van der Waals surface area contributed by atoms with E-state index in [0.29, 0.717) is 23.8 Å². The van der Waals surface area contributed by atoms with E-state index < -0.39 is 0 Å². The van der Waals surface area contributed by atoms with Gasteiger partial charge in [-0.2, -0.15) is 0 Å². The zero-order valence-corrected chi connectivity index (χ0v) is 14.2. The number of hydrogen-bond donors (Lipinski definition) is 1. The second-order valence-corrected chi connectivity index (χ2v) is 6.55. The normalized spacial score (nSPS) is 15.7. The Morgan fingerprint density at radius 1 is 1.26 bits per heavy atom. The molecule has 1 N–H and O–H groups in total. The fourth-order valence-corrected chi connectivity index (χ4v) is 3.02. The topological polar surface area (TPSA) is 45.3 Å². The molecule has 0 unspecified atom stereocenters. The highest BCUT2D eigenvalue weighted by atomic mass is 35.5. The summed E-state index contributed by atoms with van der Waals surface area (Å²) in [5, 5.41) is 0.557. The van der Waals surface area contributed by atoms with Crippen LogP contribution in [-0.2, 0) is 0 Å². The molecule has 5 heteroatoms. The van der Waals surface area contributed by atoms with Crippen LogP contribution in [0.3, 0.4) is 0 Å². The van der Waals surface area contributed by atoms with E-state index in [1.807, 2.05) is 4.90 Å². The van der Waals surface area contributed by atoms with Crippen LogP contribution in [0.4, 0.5) is 0 Å². The Hall–Kier alpha value is -1.94. The van der Waals surface area contributed by atoms with Crippen LogP contribution in [0.15, 0.2) is 30.5 Å². The molecule has 0 atom stereocenters. The minimum Gasteiger partial charge on any atom is -0.490 e. The number of amides is 1. The molecule has 1 fully saturated rings. The first-order chi connectivity index (χ1) is 11.0. The average Bonchev–Trinajstić information content (AvgIpc) is 2.97. The molecule has 23 heavy (non-hydrogen) atoms. The molecule has 0 bridgehead atoms. The van der Waals surface area contributed by atoms with Crippen LogP contribution in [0.5, 0.6) is 5.75 Å². The number of carbonyl (C=O) groups is 1. The van der Waals surface area contributed by atoms with Crippen molar-refractivity contribution in [2.24, 2.45) is 0 Å². The number of hydrogen-bond acceptors (Lipinski definition) is 2. The van der Waals surface area contributed by atoms with Crippen molar-refractivity contribution in [2.45, 2.75) is 32.8 Å². The molecular formula is C18H21ClN2O2. The van der Waals surface area contributed by atoms with E-state index in [1.165, 1.54) is 5.56 Å². The molecule has 122 valence electrons. The quantitative estimate of drug-likeness (QED) is 0.924. The minimum atomic E-state index is 0.00193. The average molecular weight is 333 g/mol. The Bertz CT molecular complexity index is 703. The number of nitrogens with zero attached hydrogens (tertiary/aromatic N) is 1. The number of aromatic amines is 1. The number of benzene rings is 1. The monoisotopic (exact) mass is 332 g/mol. The SMILES string of the molecule is Cc1ccc(C)c(OC2CCN(C(=O)c3cc(Cl)c[nH]3)CC2)c1. The Labute approximate surface area is 141 Å². The number of halogens is 1. The van der Waals surface area contributed by atoms with Crippen LogP contribution in [0, 0.1) is 13.8 Å². The van der Waals surface area contributed by atoms with Gasteiger partial charge in [-0.15, -0.1) is 0 Å². The Balaban J connectivity index is 1.58. The summed E-state index contributed by atoms with van der Waals surface area (Å²) in [6.45, 7) is 5.52. The molecule has 1 aliphatic heterocycles. The molecule has 1 saturated heterocycles. The summed E-state index contributed by atoms with van der Waals surface area (Å²) in [5.74, 6) is 0.952. The lowest BCUT2D eigenvalue weighted by molar-refractivity contribution is 0.0589. The summed E-state index contributed by atoms with van der Waals surface area (Å²) in [5.41, 5.74) is 2.89. The van der Waals surface area contributed by atoms with E-state index in [2.05, 4.69) is 37.0 Å². The van der Waals surface area contributed by atoms with Gasteiger partial charge in [-0.3, -0.25) is 4.79 Å². The number of ether oxygens (including phenoxy) is 1. The van der Waals surface area contributed by atoms with Crippen LogP contribution in [0.1, 0.15) is 34.5 Å². The highest BCUT2D eigenvalue weighted by Crippen LogP contribution is 2.24. The third-order valence-corrected chi connectivity index (χ3v) is 4.46. The Morgan fingerprint density at radius 3 is 2.65 bits per heavy atom. The zero-order chi connectivity index (χ0) is 16.4. The molecule has 0 spiro atoms. The summed E-state index contributed by atoms with van der Waals surface area (Å²) in [7, 11) is 0. The van der Waals surface area contributed by atoms with Crippen LogP contribution < -0.4 is 4.74 Å². The number of rotatable bonds is 3. The fourth-order valence-electron chi connectivity index (χ4n) is 2.85. The van der Waals surface area contributed by atoms with Gasteiger partial charge in [0.25, 0.3) is 5.91 Å². The van der Waals surface area contributed by atoms with Crippen LogP contribution in [0.2, 0.25) is 5.02 Å². The van der Waals surface area contributed by atoms with Crippen LogP contribution in [0.25, 0.3) is 0 Å². The fraction of sp³-hybridized carbons (Fsp3) is 0.389. The van der Waals surface area contributed by atoms with E-state index in [4.69, 9.17) is 16.3 Å². The lowest BCUT2D eigenvalue weighted by Crippen LogP contribution is -2.42. The zero-order valence-electron chi connectivity index (χ0n) is 13.4. The molecular weight excluding hydrogens is 312 g/mol. The maximum atomic E-state index is 12.4. The van der Waals surface area contributed by atoms with E-state index in [1.54, 1.807) is 12.3 Å². The lowest BCUT2D eigenvalue weighted by atomic mass is 10.1. The van der Waals surface area contributed by atoms with Gasteiger partial charge in [0.1, 0.15) is 17.5 Å². The number of carbonyl (C=O) groups excluding carboxylic acids is 1. The molecule has 3 rings (SSSR count). The van der Waals surface area contributed by atoms with Crippen molar-refractivity contribution in [3.8, 4) is 5.75 Å². The minimum absolute atomic E-state index is 0.00193. The predicted octanol–water partition coefficient (Wildman–Crippen LogP) is 3.97. The van der Waals surface area contributed by atoms with Gasteiger partial charge in [0.2, 0.25) is 0 Å². The van der Waals surface area contributed by atoms with Gasteiger partial charge >= 0.3 is 0 Å². The Morgan fingerprint density at radius 2 is 2.00 bits per heavy atom. The van der Waals surface area contributed by atoms with Gasteiger partial charge in [-0.1, -0.05) is 23.7 Å². The molecule has 1 amide bonds. The molecule has 4 nitrogen and oxygen atoms in total. The molecule has 0 aliphatic carbocycles. The van der Waals surface area contributed by atoms with Crippen molar-refractivity contribution in [3.63, 3.8) is 0 Å². The molecule has 1 aliphatic rings. The van der Waals surface area contributed by atoms with Gasteiger partial charge in [0.05, 0.1) is 5.02 Å². The Kier molecular flexibility index (Phi) is 4.62. The number of nitrogens with one attached hydrogen (secondary N) is 1. The van der Waals surface area contributed by atoms with Crippen LogP contribution >= 0.6 is 11.6 Å². The summed E-state index contributed by atoms with van der Waals surface area (Å²) >= 11 is 5.86. The lowest BCUT2D eigenvalue weighted by Gasteiger charge is -2.32. The first-order valence-corrected chi connectivity index (χ1v) is 8.28. The predicted molar refractivity (Wildman–Crippen MR) is 91.3 cm³/mol. The van der Waals surface area contributed by atoms with Gasteiger partial charge in [0.15, 0.2) is 0 Å². The largest absolute Gasteiger partial charge is 0.490 e. The van der Waals surface area contributed by atoms with Crippen molar-refractivity contribution < 1.29 is 9.53 Å². The number of piperidine rings is 1. The summed E-state index contributed by atoms with van der Waals surface area (Å²) in [6, 6.07) is 7.92. The number of aryl methyl sites for hydroxylation is 2. The van der Waals surface area contributed by atoms with Crippen molar-refractivity contribution >= 4 is 17.5 Å². The van der Waals surface area contributed by atoms with Gasteiger partial charge in [-0.25, -0.2) is 0 Å². The van der Waals surface area contributed by atoms with Gasteiger partial charge < -0.3 is 14.6 Å². The smallest absolute Gasteiger partial charge is 0.270 e.